The second-order valence-electron chi connectivity index (χ2n) is 9.21. The average Bonchev–Trinajstić information content (AvgIpc) is 3.34. The van der Waals surface area contributed by atoms with Crippen LogP contribution in [0.2, 0.25) is 0 Å². The zero-order chi connectivity index (χ0) is 24.9. The third-order valence-electron chi connectivity index (χ3n) is 6.21. The largest absolute Gasteiger partial charge is 0.473 e. The van der Waals surface area contributed by atoms with Gasteiger partial charge in [-0.25, -0.2) is 14.6 Å². The van der Waals surface area contributed by atoms with Crippen molar-refractivity contribution in [2.75, 3.05) is 19.8 Å². The van der Waals surface area contributed by atoms with Gasteiger partial charge in [-0.2, -0.15) is 0 Å². The molecular formula is C26H46N2O6. The lowest BCUT2D eigenvalue weighted by molar-refractivity contribution is -0.159. The van der Waals surface area contributed by atoms with Crippen LogP contribution in [0.1, 0.15) is 96.8 Å². The van der Waals surface area contributed by atoms with Gasteiger partial charge in [0.25, 0.3) is 0 Å². The van der Waals surface area contributed by atoms with E-state index in [1.165, 1.54) is 89.9 Å². The Morgan fingerprint density at radius 3 is 2.21 bits per heavy atom. The maximum atomic E-state index is 9.10. The second kappa shape index (κ2) is 20.4. The van der Waals surface area contributed by atoms with E-state index in [1.807, 2.05) is 18.7 Å². The van der Waals surface area contributed by atoms with Crippen molar-refractivity contribution in [3.05, 3.63) is 18.7 Å². The van der Waals surface area contributed by atoms with Gasteiger partial charge in [0, 0.05) is 25.6 Å². The number of aliphatic carboxylic acids is 2. The summed E-state index contributed by atoms with van der Waals surface area (Å²) in [4.78, 5) is 22.4. The summed E-state index contributed by atoms with van der Waals surface area (Å²) in [5.74, 6) is -2.77. The summed E-state index contributed by atoms with van der Waals surface area (Å²) >= 11 is 0. The molecule has 1 heterocycles. The fourth-order valence-electron chi connectivity index (χ4n) is 4.21. The van der Waals surface area contributed by atoms with Crippen molar-refractivity contribution < 1.29 is 29.3 Å². The Morgan fingerprint density at radius 2 is 1.62 bits per heavy atom. The molecule has 2 N–H and O–H groups in total. The second-order valence-corrected chi connectivity index (χ2v) is 9.21. The molecule has 1 fully saturated rings. The predicted octanol–water partition coefficient (Wildman–Crippen LogP) is 5.55. The zero-order valence-corrected chi connectivity index (χ0v) is 21.0. The van der Waals surface area contributed by atoms with Crippen molar-refractivity contribution in [3.8, 4) is 0 Å². The standard InChI is InChI=1S/C24H44N2O2.C2H2O4/c1-2-3-4-5-6-7-8-12-18-27-21-24(20-26-17-16-25-22-26)28-19-15-23-13-10-9-11-14-23;3-1(4)2(5)6/h16-17,22-24H,2-15,18-21H2,1H3;(H,3,4)(H,5,6). The number of carboxylic acid groups (broad SMARTS) is 2. The third-order valence-corrected chi connectivity index (χ3v) is 6.21. The van der Waals surface area contributed by atoms with Gasteiger partial charge in [0.15, 0.2) is 0 Å². The molecule has 1 atom stereocenters. The zero-order valence-electron chi connectivity index (χ0n) is 21.0. The highest BCUT2D eigenvalue weighted by Crippen LogP contribution is 2.26. The van der Waals surface area contributed by atoms with Gasteiger partial charge in [-0.1, -0.05) is 84.0 Å². The molecule has 2 rings (SSSR count). The Morgan fingerprint density at radius 1 is 0.971 bits per heavy atom. The number of unbranched alkanes of at least 4 members (excludes halogenated alkanes) is 7. The molecule has 1 aliphatic carbocycles. The van der Waals surface area contributed by atoms with Gasteiger partial charge in [-0.3, -0.25) is 0 Å². The Labute approximate surface area is 205 Å². The maximum Gasteiger partial charge on any atom is 0.414 e. The number of carbonyl (C=O) groups is 2. The van der Waals surface area contributed by atoms with E-state index in [0.29, 0.717) is 6.61 Å². The minimum Gasteiger partial charge on any atom is -0.473 e. The van der Waals surface area contributed by atoms with Crippen LogP contribution < -0.4 is 0 Å². The van der Waals surface area contributed by atoms with Gasteiger partial charge in [0.2, 0.25) is 0 Å². The van der Waals surface area contributed by atoms with Crippen molar-refractivity contribution in [3.63, 3.8) is 0 Å². The van der Waals surface area contributed by atoms with Crippen molar-refractivity contribution >= 4 is 11.9 Å². The van der Waals surface area contributed by atoms with E-state index >= 15 is 0 Å². The van der Waals surface area contributed by atoms with E-state index in [0.717, 1.165) is 25.7 Å². The number of aromatic nitrogens is 2. The summed E-state index contributed by atoms with van der Waals surface area (Å²) in [5, 5.41) is 14.8. The molecule has 34 heavy (non-hydrogen) atoms. The van der Waals surface area contributed by atoms with E-state index in [9.17, 15) is 0 Å². The first kappa shape index (κ1) is 30.1. The topological polar surface area (TPSA) is 111 Å². The summed E-state index contributed by atoms with van der Waals surface area (Å²) in [5.41, 5.74) is 0. The molecule has 196 valence electrons. The van der Waals surface area contributed by atoms with E-state index in [2.05, 4.69) is 16.5 Å². The summed E-state index contributed by atoms with van der Waals surface area (Å²) in [6, 6.07) is 0. The van der Waals surface area contributed by atoms with Gasteiger partial charge in [-0.15, -0.1) is 0 Å². The van der Waals surface area contributed by atoms with Crippen LogP contribution in [0.3, 0.4) is 0 Å². The number of rotatable bonds is 17. The quantitative estimate of drug-likeness (QED) is 0.221. The minimum absolute atomic E-state index is 0.131. The highest BCUT2D eigenvalue weighted by molar-refractivity contribution is 6.27. The molecular weight excluding hydrogens is 436 g/mol. The molecule has 1 aromatic rings. The maximum absolute atomic E-state index is 9.10. The normalized spacial score (nSPS) is 14.9. The number of ether oxygens (including phenoxy) is 2. The molecule has 1 unspecified atom stereocenters. The number of nitrogens with zero attached hydrogens (tertiary/aromatic N) is 2. The van der Waals surface area contributed by atoms with Crippen LogP contribution in [0.5, 0.6) is 0 Å². The van der Waals surface area contributed by atoms with Crippen LogP contribution in [-0.2, 0) is 25.6 Å². The van der Waals surface area contributed by atoms with Gasteiger partial charge >= 0.3 is 11.9 Å². The molecule has 0 spiro atoms. The highest BCUT2D eigenvalue weighted by atomic mass is 16.5. The molecule has 0 bridgehead atoms. The number of hydrogen-bond donors (Lipinski definition) is 2. The summed E-state index contributed by atoms with van der Waals surface area (Å²) in [7, 11) is 0. The third kappa shape index (κ3) is 16.6. The van der Waals surface area contributed by atoms with Gasteiger partial charge in [0.1, 0.15) is 0 Å². The molecule has 0 saturated heterocycles. The number of hydrogen-bond acceptors (Lipinski definition) is 5. The van der Waals surface area contributed by atoms with Crippen molar-refractivity contribution in [2.24, 2.45) is 5.92 Å². The monoisotopic (exact) mass is 482 g/mol. The molecule has 8 nitrogen and oxygen atoms in total. The SMILES string of the molecule is CCCCCCCCCCOCC(Cn1ccnc1)OCCC1CCCCC1.O=C(O)C(=O)O. The molecule has 0 aliphatic heterocycles. The fraction of sp³-hybridized carbons (Fsp3) is 0.808. The molecule has 1 saturated carbocycles. The van der Waals surface area contributed by atoms with Gasteiger partial charge < -0.3 is 24.3 Å². The molecule has 8 heteroatoms. The molecule has 0 aromatic carbocycles. The Bertz CT molecular complexity index is 605. The summed E-state index contributed by atoms with van der Waals surface area (Å²) in [6.07, 6.45) is 24.8. The van der Waals surface area contributed by atoms with Crippen LogP contribution in [0.15, 0.2) is 18.7 Å². The fourth-order valence-corrected chi connectivity index (χ4v) is 4.21. The lowest BCUT2D eigenvalue weighted by Gasteiger charge is -2.23. The van der Waals surface area contributed by atoms with Crippen LogP contribution in [0.4, 0.5) is 0 Å². The Balaban J connectivity index is 0.000000852. The summed E-state index contributed by atoms with van der Waals surface area (Å²) in [6.45, 7) is 5.53. The van der Waals surface area contributed by atoms with E-state index < -0.39 is 11.9 Å². The average molecular weight is 483 g/mol. The minimum atomic E-state index is -1.82. The molecule has 0 amide bonds. The van der Waals surface area contributed by atoms with Crippen LogP contribution >= 0.6 is 0 Å². The first-order valence-electron chi connectivity index (χ1n) is 13.1. The molecule has 1 aliphatic rings. The van der Waals surface area contributed by atoms with Crippen molar-refractivity contribution in [1.82, 2.24) is 9.55 Å². The molecule has 1 aromatic heterocycles. The summed E-state index contributed by atoms with van der Waals surface area (Å²) < 4.78 is 14.3. The van der Waals surface area contributed by atoms with Crippen LogP contribution in [0.25, 0.3) is 0 Å². The van der Waals surface area contributed by atoms with Gasteiger partial charge in [0.05, 0.1) is 25.6 Å². The van der Waals surface area contributed by atoms with Crippen LogP contribution in [0, 0.1) is 5.92 Å². The Kier molecular flexibility index (Phi) is 18.1. The van der Waals surface area contributed by atoms with E-state index in [4.69, 9.17) is 29.3 Å². The first-order valence-corrected chi connectivity index (χ1v) is 13.1. The highest BCUT2D eigenvalue weighted by Gasteiger charge is 2.15. The lowest BCUT2D eigenvalue weighted by Crippen LogP contribution is -2.26. The van der Waals surface area contributed by atoms with Crippen molar-refractivity contribution in [1.29, 1.82) is 0 Å². The lowest BCUT2D eigenvalue weighted by atomic mass is 9.87. The smallest absolute Gasteiger partial charge is 0.414 e. The van der Waals surface area contributed by atoms with Crippen LogP contribution in [-0.4, -0.2) is 57.6 Å². The first-order chi connectivity index (χ1) is 16.5. The van der Waals surface area contributed by atoms with Gasteiger partial charge in [-0.05, 0) is 18.8 Å². The van der Waals surface area contributed by atoms with Crippen molar-refractivity contribution in [2.45, 2.75) is 109 Å². The molecule has 0 radical (unpaired) electrons. The van der Waals surface area contributed by atoms with E-state index in [-0.39, 0.29) is 6.10 Å². The number of carboxylic acids is 2. The number of imidazole rings is 1. The predicted molar refractivity (Wildman–Crippen MR) is 132 cm³/mol. The Hall–Kier alpha value is -1.93. The van der Waals surface area contributed by atoms with E-state index in [1.54, 1.807) is 0 Å².